The second-order valence-corrected chi connectivity index (χ2v) is 7.25. The van der Waals surface area contributed by atoms with Crippen molar-refractivity contribution < 1.29 is 9.59 Å². The summed E-state index contributed by atoms with van der Waals surface area (Å²) in [6.45, 7) is 0.345. The summed E-state index contributed by atoms with van der Waals surface area (Å²) in [5.41, 5.74) is 1.27. The number of anilines is 2. The second kappa shape index (κ2) is 7.13. The molecule has 0 aromatic heterocycles. The lowest BCUT2D eigenvalue weighted by Crippen LogP contribution is -2.28. The Kier molecular flexibility index (Phi) is 5.13. The summed E-state index contributed by atoms with van der Waals surface area (Å²) in [5, 5.41) is 3.63. The zero-order valence-electron chi connectivity index (χ0n) is 12.4. The highest BCUT2D eigenvalue weighted by atomic mass is 79.9. The molecule has 7 heteroatoms. The molecule has 0 unspecified atom stereocenters. The first-order valence-electron chi connectivity index (χ1n) is 7.26. The van der Waals surface area contributed by atoms with Crippen LogP contribution in [-0.4, -0.2) is 18.4 Å². The van der Waals surface area contributed by atoms with Gasteiger partial charge in [-0.2, -0.15) is 0 Å². The zero-order valence-corrected chi connectivity index (χ0v) is 15.5. The number of amides is 2. The summed E-state index contributed by atoms with van der Waals surface area (Å²) in [5.74, 6) is -0.722. The normalized spacial score (nSPS) is 17.2. The van der Waals surface area contributed by atoms with Gasteiger partial charge in [0.1, 0.15) is 0 Å². The Bertz CT molecular complexity index is 796. The van der Waals surface area contributed by atoms with E-state index in [9.17, 15) is 9.59 Å². The minimum absolute atomic E-state index is 0.0697. The Morgan fingerprint density at radius 2 is 1.88 bits per heavy atom. The van der Waals surface area contributed by atoms with Gasteiger partial charge >= 0.3 is 0 Å². The van der Waals surface area contributed by atoms with Crippen LogP contribution in [-0.2, 0) is 9.59 Å². The number of carbonyl (C=O) groups excluding carboxylic acids is 2. The van der Waals surface area contributed by atoms with Crippen LogP contribution in [0, 0.1) is 5.92 Å². The molecule has 1 aliphatic rings. The third-order valence-electron chi connectivity index (χ3n) is 3.82. The van der Waals surface area contributed by atoms with E-state index in [0.717, 1.165) is 10.2 Å². The van der Waals surface area contributed by atoms with Crippen molar-refractivity contribution in [1.29, 1.82) is 0 Å². The van der Waals surface area contributed by atoms with Crippen molar-refractivity contribution in [2.75, 3.05) is 16.8 Å². The topological polar surface area (TPSA) is 49.4 Å². The lowest BCUT2D eigenvalue weighted by molar-refractivity contribution is -0.122. The van der Waals surface area contributed by atoms with Gasteiger partial charge in [0, 0.05) is 28.1 Å². The van der Waals surface area contributed by atoms with Crippen LogP contribution in [0.3, 0.4) is 0 Å². The van der Waals surface area contributed by atoms with Crippen LogP contribution in [0.15, 0.2) is 46.9 Å². The quantitative estimate of drug-likeness (QED) is 0.768. The monoisotopic (exact) mass is 426 g/mol. The molecule has 0 aliphatic carbocycles. The van der Waals surface area contributed by atoms with E-state index in [1.165, 1.54) is 0 Å². The summed E-state index contributed by atoms with van der Waals surface area (Å²) < 4.78 is 0.935. The van der Waals surface area contributed by atoms with Gasteiger partial charge in [-0.15, -0.1) is 0 Å². The number of hydrogen-bond donors (Lipinski definition) is 1. The van der Waals surface area contributed by atoms with Crippen LogP contribution in [0.1, 0.15) is 6.42 Å². The fourth-order valence-corrected chi connectivity index (χ4v) is 3.30. The number of nitrogens with zero attached hydrogens (tertiary/aromatic N) is 1. The molecule has 1 heterocycles. The molecule has 0 bridgehead atoms. The first-order chi connectivity index (χ1) is 11.4. The van der Waals surface area contributed by atoms with Crippen molar-refractivity contribution in [2.24, 2.45) is 5.92 Å². The first kappa shape index (κ1) is 17.3. The standard InChI is InChI=1S/C17H13BrCl2N2O2/c18-11-1-4-13(5-2-11)22-9-10(7-16(22)23)17(24)21-15-6-3-12(19)8-14(15)20/h1-6,8,10H,7,9H2,(H,21,24)/t10-/m1/s1. The van der Waals surface area contributed by atoms with Gasteiger partial charge in [-0.1, -0.05) is 39.1 Å². The number of halogens is 3. The average Bonchev–Trinajstić information content (AvgIpc) is 2.93. The second-order valence-electron chi connectivity index (χ2n) is 5.50. The Labute approximate surface area is 157 Å². The van der Waals surface area contributed by atoms with Gasteiger partial charge in [-0.25, -0.2) is 0 Å². The minimum Gasteiger partial charge on any atom is -0.324 e. The van der Waals surface area contributed by atoms with Gasteiger partial charge in [0.2, 0.25) is 11.8 Å². The van der Waals surface area contributed by atoms with Gasteiger partial charge in [0.15, 0.2) is 0 Å². The van der Waals surface area contributed by atoms with Crippen LogP contribution in [0.5, 0.6) is 0 Å². The molecule has 1 fully saturated rings. The lowest BCUT2D eigenvalue weighted by atomic mass is 10.1. The molecule has 124 valence electrons. The molecular weight excluding hydrogens is 415 g/mol. The van der Waals surface area contributed by atoms with E-state index < -0.39 is 5.92 Å². The van der Waals surface area contributed by atoms with Gasteiger partial charge in [-0.05, 0) is 42.5 Å². The Hall–Kier alpha value is -1.56. The summed E-state index contributed by atoms with van der Waals surface area (Å²) in [6.07, 6.45) is 0.174. The van der Waals surface area contributed by atoms with Crippen LogP contribution in [0.4, 0.5) is 11.4 Å². The molecular formula is C17H13BrCl2N2O2. The molecule has 2 aromatic rings. The van der Waals surface area contributed by atoms with Crippen molar-refractivity contribution in [3.8, 4) is 0 Å². The van der Waals surface area contributed by atoms with Crippen LogP contribution in [0.2, 0.25) is 10.0 Å². The van der Waals surface area contributed by atoms with Gasteiger partial charge in [-0.3, -0.25) is 9.59 Å². The van der Waals surface area contributed by atoms with Crippen molar-refractivity contribution >= 4 is 62.3 Å². The van der Waals surface area contributed by atoms with E-state index in [2.05, 4.69) is 21.2 Å². The van der Waals surface area contributed by atoms with E-state index in [1.54, 1.807) is 23.1 Å². The fraction of sp³-hybridized carbons (Fsp3) is 0.176. The maximum absolute atomic E-state index is 12.4. The Balaban J connectivity index is 1.70. The van der Waals surface area contributed by atoms with Crippen molar-refractivity contribution in [3.05, 3.63) is 57.0 Å². The summed E-state index contributed by atoms with van der Waals surface area (Å²) in [4.78, 5) is 26.3. The number of rotatable bonds is 3. The number of hydrogen-bond acceptors (Lipinski definition) is 2. The SMILES string of the molecule is O=C(Nc1ccc(Cl)cc1Cl)[C@@H]1CC(=O)N(c2ccc(Br)cc2)C1. The molecule has 4 nitrogen and oxygen atoms in total. The molecule has 2 amide bonds. The molecule has 1 N–H and O–H groups in total. The molecule has 1 aliphatic heterocycles. The summed E-state index contributed by atoms with van der Waals surface area (Å²) in [7, 11) is 0. The van der Waals surface area contributed by atoms with E-state index >= 15 is 0 Å². The molecule has 0 spiro atoms. The van der Waals surface area contributed by atoms with E-state index in [-0.39, 0.29) is 18.2 Å². The van der Waals surface area contributed by atoms with E-state index in [1.807, 2.05) is 24.3 Å². The molecule has 1 saturated heterocycles. The molecule has 24 heavy (non-hydrogen) atoms. The van der Waals surface area contributed by atoms with Crippen molar-refractivity contribution in [3.63, 3.8) is 0 Å². The molecule has 0 radical (unpaired) electrons. The molecule has 0 saturated carbocycles. The van der Waals surface area contributed by atoms with E-state index in [0.29, 0.717) is 22.3 Å². The lowest BCUT2D eigenvalue weighted by Gasteiger charge is -2.17. The molecule has 2 aromatic carbocycles. The third kappa shape index (κ3) is 3.74. The number of benzene rings is 2. The Morgan fingerprint density at radius 3 is 2.54 bits per heavy atom. The predicted octanol–water partition coefficient (Wildman–Crippen LogP) is 4.75. The largest absolute Gasteiger partial charge is 0.324 e. The van der Waals surface area contributed by atoms with Gasteiger partial charge in [0.05, 0.1) is 16.6 Å². The Morgan fingerprint density at radius 1 is 1.17 bits per heavy atom. The minimum atomic E-state index is -0.423. The molecule has 1 atom stereocenters. The fourth-order valence-electron chi connectivity index (χ4n) is 2.58. The predicted molar refractivity (Wildman–Crippen MR) is 99.7 cm³/mol. The van der Waals surface area contributed by atoms with E-state index in [4.69, 9.17) is 23.2 Å². The van der Waals surface area contributed by atoms with Crippen molar-refractivity contribution in [1.82, 2.24) is 0 Å². The maximum Gasteiger partial charge on any atom is 0.229 e. The number of nitrogens with one attached hydrogen (secondary N) is 1. The summed E-state index contributed by atoms with van der Waals surface area (Å²) >= 11 is 15.3. The maximum atomic E-state index is 12.4. The van der Waals surface area contributed by atoms with Crippen LogP contribution in [0.25, 0.3) is 0 Å². The molecule has 3 rings (SSSR count). The highest BCUT2D eigenvalue weighted by Crippen LogP contribution is 2.29. The number of carbonyl (C=O) groups is 2. The van der Waals surface area contributed by atoms with Crippen LogP contribution < -0.4 is 10.2 Å². The third-order valence-corrected chi connectivity index (χ3v) is 4.90. The van der Waals surface area contributed by atoms with Gasteiger partial charge < -0.3 is 10.2 Å². The highest BCUT2D eigenvalue weighted by molar-refractivity contribution is 9.10. The average molecular weight is 428 g/mol. The van der Waals surface area contributed by atoms with Crippen molar-refractivity contribution in [2.45, 2.75) is 6.42 Å². The highest BCUT2D eigenvalue weighted by Gasteiger charge is 2.35. The summed E-state index contributed by atoms with van der Waals surface area (Å²) in [6, 6.07) is 12.3. The first-order valence-corrected chi connectivity index (χ1v) is 8.81. The zero-order chi connectivity index (χ0) is 17.3. The van der Waals surface area contributed by atoms with Crippen LogP contribution >= 0.6 is 39.1 Å². The smallest absolute Gasteiger partial charge is 0.229 e. The van der Waals surface area contributed by atoms with Gasteiger partial charge in [0.25, 0.3) is 0 Å².